The lowest BCUT2D eigenvalue weighted by Gasteiger charge is -2.36. The molecule has 0 aliphatic heterocycles. The van der Waals surface area contributed by atoms with Crippen LogP contribution in [0.5, 0.6) is 0 Å². The zero-order chi connectivity index (χ0) is 11.2. The SMILES string of the molecule is CCCC(CS)CN(C)C(C)(C)CO. The summed E-state index contributed by atoms with van der Waals surface area (Å²) in [6.07, 6.45) is 2.42. The van der Waals surface area contributed by atoms with Crippen molar-refractivity contribution in [2.75, 3.05) is 26.0 Å². The van der Waals surface area contributed by atoms with E-state index < -0.39 is 0 Å². The Balaban J connectivity index is 4.07. The maximum absolute atomic E-state index is 9.22. The Labute approximate surface area is 94.1 Å². The van der Waals surface area contributed by atoms with Crippen molar-refractivity contribution in [1.82, 2.24) is 4.90 Å². The fourth-order valence-corrected chi connectivity index (χ4v) is 1.70. The van der Waals surface area contributed by atoms with Crippen LogP contribution in [0.4, 0.5) is 0 Å². The van der Waals surface area contributed by atoms with Crippen LogP contribution in [0.25, 0.3) is 0 Å². The van der Waals surface area contributed by atoms with E-state index in [2.05, 4.69) is 45.3 Å². The molecular weight excluding hydrogens is 194 g/mol. The molecule has 14 heavy (non-hydrogen) atoms. The molecule has 0 rings (SSSR count). The van der Waals surface area contributed by atoms with Gasteiger partial charge in [0.2, 0.25) is 0 Å². The summed E-state index contributed by atoms with van der Waals surface area (Å²) in [5.41, 5.74) is -0.116. The quantitative estimate of drug-likeness (QED) is 0.640. The van der Waals surface area contributed by atoms with Crippen LogP contribution in [0, 0.1) is 5.92 Å². The van der Waals surface area contributed by atoms with Gasteiger partial charge in [-0.05, 0) is 39.0 Å². The van der Waals surface area contributed by atoms with Crippen molar-refractivity contribution in [3.8, 4) is 0 Å². The van der Waals surface area contributed by atoms with Crippen molar-refractivity contribution in [2.45, 2.75) is 39.2 Å². The Morgan fingerprint density at radius 3 is 2.36 bits per heavy atom. The Bertz CT molecular complexity index is 150. The number of aliphatic hydroxyl groups excluding tert-OH is 1. The Morgan fingerprint density at radius 1 is 1.43 bits per heavy atom. The monoisotopic (exact) mass is 219 g/mol. The fourth-order valence-electron chi connectivity index (χ4n) is 1.40. The summed E-state index contributed by atoms with van der Waals surface area (Å²) >= 11 is 4.36. The van der Waals surface area contributed by atoms with Gasteiger partial charge < -0.3 is 5.11 Å². The number of nitrogens with zero attached hydrogens (tertiary/aromatic N) is 1. The smallest absolute Gasteiger partial charge is 0.0609 e. The van der Waals surface area contributed by atoms with Crippen molar-refractivity contribution in [3.63, 3.8) is 0 Å². The van der Waals surface area contributed by atoms with Gasteiger partial charge in [0.05, 0.1) is 6.61 Å². The molecule has 0 saturated heterocycles. The Hall–Kier alpha value is 0.270. The largest absolute Gasteiger partial charge is 0.394 e. The third-order valence-corrected chi connectivity index (χ3v) is 3.42. The highest BCUT2D eigenvalue weighted by Gasteiger charge is 2.24. The lowest BCUT2D eigenvalue weighted by atomic mass is 10.00. The van der Waals surface area contributed by atoms with E-state index in [4.69, 9.17) is 0 Å². The third-order valence-electron chi connectivity index (χ3n) is 2.91. The van der Waals surface area contributed by atoms with E-state index in [1.54, 1.807) is 0 Å². The normalized spacial score (nSPS) is 14.8. The summed E-state index contributed by atoms with van der Waals surface area (Å²) < 4.78 is 0. The fraction of sp³-hybridized carbons (Fsp3) is 1.00. The minimum atomic E-state index is -0.116. The maximum atomic E-state index is 9.22. The van der Waals surface area contributed by atoms with Crippen LogP contribution in [0.2, 0.25) is 0 Å². The van der Waals surface area contributed by atoms with E-state index in [0.717, 1.165) is 12.3 Å². The summed E-state index contributed by atoms with van der Waals surface area (Å²) in [4.78, 5) is 2.23. The number of likely N-dealkylation sites (N-methyl/N-ethyl adjacent to an activating group) is 1. The zero-order valence-electron chi connectivity index (χ0n) is 9.95. The van der Waals surface area contributed by atoms with E-state index in [1.807, 2.05) is 0 Å². The molecule has 3 heteroatoms. The molecule has 0 spiro atoms. The van der Waals surface area contributed by atoms with E-state index in [1.165, 1.54) is 12.8 Å². The molecule has 0 aromatic rings. The van der Waals surface area contributed by atoms with E-state index in [9.17, 15) is 5.11 Å². The molecular formula is C11H25NOS. The second-order valence-electron chi connectivity index (χ2n) is 4.69. The second kappa shape index (κ2) is 6.70. The molecule has 0 fully saturated rings. The van der Waals surface area contributed by atoms with Crippen LogP contribution in [0.15, 0.2) is 0 Å². The van der Waals surface area contributed by atoms with Gasteiger partial charge >= 0.3 is 0 Å². The number of thiol groups is 1. The molecule has 1 N–H and O–H groups in total. The molecule has 1 unspecified atom stereocenters. The summed E-state index contributed by atoms with van der Waals surface area (Å²) in [7, 11) is 2.07. The van der Waals surface area contributed by atoms with Crippen LogP contribution in [-0.4, -0.2) is 41.5 Å². The topological polar surface area (TPSA) is 23.5 Å². The summed E-state index contributed by atoms with van der Waals surface area (Å²) in [5, 5.41) is 9.22. The van der Waals surface area contributed by atoms with Gasteiger partial charge in [-0.2, -0.15) is 12.6 Å². The minimum Gasteiger partial charge on any atom is -0.394 e. The van der Waals surface area contributed by atoms with Gasteiger partial charge in [-0.15, -0.1) is 0 Å². The van der Waals surface area contributed by atoms with E-state index in [-0.39, 0.29) is 12.1 Å². The van der Waals surface area contributed by atoms with Gasteiger partial charge in [-0.1, -0.05) is 13.3 Å². The number of rotatable bonds is 7. The van der Waals surface area contributed by atoms with Gasteiger partial charge in [0.1, 0.15) is 0 Å². The highest BCUT2D eigenvalue weighted by atomic mass is 32.1. The standard InChI is InChI=1S/C11H25NOS/c1-5-6-10(8-14)7-12(4)11(2,3)9-13/h10,13-14H,5-9H2,1-4H3. The molecule has 0 aliphatic rings. The molecule has 1 atom stereocenters. The lowest BCUT2D eigenvalue weighted by molar-refractivity contribution is 0.0678. The van der Waals surface area contributed by atoms with Gasteiger partial charge in [0.25, 0.3) is 0 Å². The summed E-state index contributed by atoms with van der Waals surface area (Å²) in [6.45, 7) is 7.55. The first kappa shape index (κ1) is 14.3. The average molecular weight is 219 g/mol. The molecule has 0 heterocycles. The number of aliphatic hydroxyl groups is 1. The van der Waals surface area contributed by atoms with Crippen LogP contribution in [0.3, 0.4) is 0 Å². The molecule has 0 aromatic heterocycles. The summed E-state index contributed by atoms with van der Waals surface area (Å²) in [5.74, 6) is 1.57. The molecule has 0 aliphatic carbocycles. The molecule has 2 nitrogen and oxygen atoms in total. The molecule has 0 aromatic carbocycles. The van der Waals surface area contributed by atoms with E-state index in [0.29, 0.717) is 5.92 Å². The van der Waals surface area contributed by atoms with Crippen LogP contribution in [0.1, 0.15) is 33.6 Å². The molecule has 0 bridgehead atoms. The molecule has 86 valence electrons. The highest BCUT2D eigenvalue weighted by molar-refractivity contribution is 7.80. The first-order valence-electron chi connectivity index (χ1n) is 5.40. The second-order valence-corrected chi connectivity index (χ2v) is 5.05. The maximum Gasteiger partial charge on any atom is 0.0609 e. The summed E-state index contributed by atoms with van der Waals surface area (Å²) in [6, 6.07) is 0. The van der Waals surface area contributed by atoms with Crippen LogP contribution in [-0.2, 0) is 0 Å². The minimum absolute atomic E-state index is 0.116. The van der Waals surface area contributed by atoms with Gasteiger partial charge in [-0.25, -0.2) is 0 Å². The first-order valence-corrected chi connectivity index (χ1v) is 6.04. The van der Waals surface area contributed by atoms with Gasteiger partial charge in [0.15, 0.2) is 0 Å². The van der Waals surface area contributed by atoms with Gasteiger partial charge in [0, 0.05) is 12.1 Å². The first-order chi connectivity index (χ1) is 6.47. The van der Waals surface area contributed by atoms with Crippen LogP contribution < -0.4 is 0 Å². The third kappa shape index (κ3) is 4.67. The lowest BCUT2D eigenvalue weighted by Crippen LogP contribution is -2.46. The van der Waals surface area contributed by atoms with Crippen molar-refractivity contribution in [1.29, 1.82) is 0 Å². The van der Waals surface area contributed by atoms with Crippen molar-refractivity contribution in [2.24, 2.45) is 5.92 Å². The highest BCUT2D eigenvalue weighted by Crippen LogP contribution is 2.16. The number of hydrogen-bond acceptors (Lipinski definition) is 3. The Morgan fingerprint density at radius 2 is 2.00 bits per heavy atom. The zero-order valence-corrected chi connectivity index (χ0v) is 10.8. The molecule has 0 saturated carbocycles. The molecule has 0 amide bonds. The van der Waals surface area contributed by atoms with E-state index >= 15 is 0 Å². The van der Waals surface area contributed by atoms with Crippen molar-refractivity contribution >= 4 is 12.6 Å². The van der Waals surface area contributed by atoms with Crippen molar-refractivity contribution in [3.05, 3.63) is 0 Å². The predicted molar refractivity (Wildman–Crippen MR) is 66.0 cm³/mol. The molecule has 0 radical (unpaired) electrons. The predicted octanol–water partition coefficient (Wildman–Crippen LogP) is 2.04. The van der Waals surface area contributed by atoms with Crippen LogP contribution >= 0.6 is 12.6 Å². The Kier molecular flexibility index (Phi) is 6.83. The average Bonchev–Trinajstić information content (AvgIpc) is 2.16. The number of hydrogen-bond donors (Lipinski definition) is 2. The van der Waals surface area contributed by atoms with Gasteiger partial charge in [-0.3, -0.25) is 4.90 Å². The van der Waals surface area contributed by atoms with Crippen molar-refractivity contribution < 1.29 is 5.11 Å².